The summed E-state index contributed by atoms with van der Waals surface area (Å²) < 4.78 is 12.2. The molecule has 0 amide bonds. The number of hydrogen-bond donors (Lipinski definition) is 2. The molecule has 0 spiro atoms. The lowest BCUT2D eigenvalue weighted by Crippen LogP contribution is -2.50. The molecule has 5 nitrogen and oxygen atoms in total. The second kappa shape index (κ2) is 9.19. The Balaban J connectivity index is 1.27. The highest BCUT2D eigenvalue weighted by molar-refractivity contribution is 7.70. The van der Waals surface area contributed by atoms with Gasteiger partial charge >= 0.3 is 0 Å². The van der Waals surface area contributed by atoms with Crippen LogP contribution in [0.15, 0.2) is 34.3 Å². The zero-order valence-corrected chi connectivity index (χ0v) is 20.5. The summed E-state index contributed by atoms with van der Waals surface area (Å²) in [6.07, 6.45) is 10.5. The van der Waals surface area contributed by atoms with Crippen molar-refractivity contribution in [2.75, 3.05) is 31.9 Å². The topological polar surface area (TPSA) is 65.8 Å². The quantitative estimate of drug-likeness (QED) is 0.252. The van der Waals surface area contributed by atoms with Gasteiger partial charge in [-0.2, -0.15) is 0 Å². The van der Waals surface area contributed by atoms with Crippen LogP contribution in [0.4, 0.5) is 5.69 Å². The average Bonchev–Trinajstić information content (AvgIpc) is 2.68. The molecule has 4 bridgehead atoms. The molecule has 0 heterocycles. The van der Waals surface area contributed by atoms with Crippen molar-refractivity contribution in [2.45, 2.75) is 52.4 Å². The first-order chi connectivity index (χ1) is 14.7. The van der Waals surface area contributed by atoms with Crippen LogP contribution in [-0.4, -0.2) is 38.7 Å². The van der Waals surface area contributed by atoms with E-state index in [0.29, 0.717) is 12.1 Å². The van der Waals surface area contributed by atoms with E-state index in [2.05, 4.69) is 34.5 Å². The largest absolute Gasteiger partial charge is 0.343 e. The highest BCUT2D eigenvalue weighted by Gasteiger charge is 2.50. The van der Waals surface area contributed by atoms with Gasteiger partial charge in [0.1, 0.15) is 19.3 Å². The lowest BCUT2D eigenvalue weighted by molar-refractivity contribution is -0.0510. The summed E-state index contributed by atoms with van der Waals surface area (Å²) in [5, 5.41) is 7.88. The van der Waals surface area contributed by atoms with Gasteiger partial charge in [-0.15, -0.1) is 0 Å². The first-order valence-corrected chi connectivity index (χ1v) is 14.5. The summed E-state index contributed by atoms with van der Waals surface area (Å²) in [5.74, 6) is 4.13. The summed E-state index contributed by atoms with van der Waals surface area (Å²) in [4.78, 5) is 9.07. The first-order valence-electron chi connectivity index (χ1n) is 11.9. The Bertz CT molecular complexity index is 833. The third-order valence-corrected chi connectivity index (χ3v) is 9.00. The molecule has 0 atom stereocenters. The third-order valence-electron chi connectivity index (χ3n) is 7.46. The molecule has 31 heavy (non-hydrogen) atoms. The van der Waals surface area contributed by atoms with Crippen LogP contribution in [0.3, 0.4) is 0 Å². The number of amidine groups is 1. The number of nitrogens with zero attached hydrogens (tertiary/aromatic N) is 2. The minimum Gasteiger partial charge on any atom is -0.343 e. The molecule has 1 aromatic rings. The van der Waals surface area contributed by atoms with Crippen LogP contribution < -0.4 is 15.9 Å². The van der Waals surface area contributed by atoms with Crippen molar-refractivity contribution in [3.05, 3.63) is 24.3 Å². The third kappa shape index (κ3) is 5.68. The van der Waals surface area contributed by atoms with E-state index in [-0.39, 0.29) is 5.92 Å². The number of hydrogen-bond acceptors (Lipinski definition) is 3. The van der Waals surface area contributed by atoms with Gasteiger partial charge in [0, 0.05) is 23.5 Å². The van der Waals surface area contributed by atoms with E-state index in [1.807, 2.05) is 24.3 Å². The second-order valence-electron chi connectivity index (χ2n) is 11.0. The van der Waals surface area contributed by atoms with Crippen LogP contribution in [0.5, 0.6) is 0 Å². The van der Waals surface area contributed by atoms with Crippen molar-refractivity contribution >= 4 is 30.3 Å². The van der Waals surface area contributed by atoms with Gasteiger partial charge in [-0.3, -0.25) is 10.3 Å². The van der Waals surface area contributed by atoms with Gasteiger partial charge in [0.05, 0.1) is 6.67 Å². The summed E-state index contributed by atoms with van der Waals surface area (Å²) in [6.45, 7) is 9.57. The fraction of sp³-hybridized carbons (Fsp3) is 0.680. The molecule has 4 fully saturated rings. The Morgan fingerprint density at radius 3 is 2.19 bits per heavy atom. The van der Waals surface area contributed by atoms with Gasteiger partial charge in [0.2, 0.25) is 0 Å². The molecule has 6 heteroatoms. The maximum absolute atomic E-state index is 12.2. The summed E-state index contributed by atoms with van der Waals surface area (Å²) in [7, 11) is -2.22. The molecule has 5 rings (SSSR count). The van der Waals surface area contributed by atoms with Gasteiger partial charge in [-0.25, -0.2) is 4.99 Å². The maximum atomic E-state index is 12.2. The Kier molecular flexibility index (Phi) is 6.74. The molecular weight excluding hydrogens is 403 g/mol. The lowest BCUT2D eigenvalue weighted by Gasteiger charge is -2.57. The fourth-order valence-electron chi connectivity index (χ4n) is 6.41. The standard InChI is InChI=1S/C25H39N4OP/c1-18(2)24(29-22-5-7-23(8-6-22)31(3,4)30)28-17-27-16-26-15-25-12-19-9-20(13-25)11-21(10-19)14-25/h5-8,17-21,26H,9-16H2,1-4H3,(H,27,28,29). The Labute approximate surface area is 188 Å². The summed E-state index contributed by atoms with van der Waals surface area (Å²) in [5.41, 5.74) is 1.50. The SMILES string of the molecule is CC(C)C(=NC=NCNCC12CC3CC(CC(C3)C1)C2)Nc1ccc(P(C)(C)=O)cc1. The molecule has 170 valence electrons. The van der Waals surface area contributed by atoms with E-state index >= 15 is 0 Å². The molecule has 0 saturated heterocycles. The molecule has 0 aromatic heterocycles. The zero-order valence-electron chi connectivity index (χ0n) is 19.6. The van der Waals surface area contributed by atoms with E-state index in [1.54, 1.807) is 19.7 Å². The smallest absolute Gasteiger partial charge is 0.113 e. The van der Waals surface area contributed by atoms with E-state index in [0.717, 1.165) is 41.1 Å². The number of benzene rings is 1. The normalized spacial score (nSPS) is 30.5. The van der Waals surface area contributed by atoms with E-state index in [1.165, 1.54) is 38.5 Å². The molecular formula is C25H39N4OP. The van der Waals surface area contributed by atoms with Crippen molar-refractivity contribution < 1.29 is 4.57 Å². The molecule has 2 N–H and O–H groups in total. The predicted molar refractivity (Wildman–Crippen MR) is 133 cm³/mol. The van der Waals surface area contributed by atoms with E-state index in [4.69, 9.17) is 0 Å². The van der Waals surface area contributed by atoms with Crippen molar-refractivity contribution in [2.24, 2.45) is 39.1 Å². The Morgan fingerprint density at radius 2 is 1.68 bits per heavy atom. The first kappa shape index (κ1) is 22.7. The van der Waals surface area contributed by atoms with Crippen LogP contribution in [-0.2, 0) is 4.57 Å². The summed E-state index contributed by atoms with van der Waals surface area (Å²) in [6, 6.07) is 7.81. The molecule has 4 aliphatic carbocycles. The number of aliphatic imine (C=N–C) groups is 2. The van der Waals surface area contributed by atoms with E-state index < -0.39 is 7.14 Å². The van der Waals surface area contributed by atoms with Gasteiger partial charge in [-0.1, -0.05) is 13.8 Å². The number of anilines is 1. The van der Waals surface area contributed by atoms with Crippen LogP contribution >= 0.6 is 7.14 Å². The fourth-order valence-corrected chi connectivity index (χ4v) is 7.28. The van der Waals surface area contributed by atoms with Crippen molar-refractivity contribution in [1.29, 1.82) is 0 Å². The maximum Gasteiger partial charge on any atom is 0.113 e. The van der Waals surface area contributed by atoms with E-state index in [9.17, 15) is 4.57 Å². The van der Waals surface area contributed by atoms with Crippen molar-refractivity contribution in [1.82, 2.24) is 5.32 Å². The van der Waals surface area contributed by atoms with Crippen molar-refractivity contribution in [3.8, 4) is 0 Å². The predicted octanol–water partition coefficient (Wildman–Crippen LogP) is 5.19. The number of nitrogens with one attached hydrogen (secondary N) is 2. The molecule has 0 unspecified atom stereocenters. The average molecular weight is 443 g/mol. The highest BCUT2D eigenvalue weighted by atomic mass is 31.2. The zero-order chi connectivity index (χ0) is 22.1. The Hall–Kier alpha value is -1.45. The van der Waals surface area contributed by atoms with Crippen LogP contribution in [0.25, 0.3) is 0 Å². The minimum atomic E-state index is -2.22. The minimum absolute atomic E-state index is 0.259. The Morgan fingerprint density at radius 1 is 1.10 bits per heavy atom. The second-order valence-corrected chi connectivity index (χ2v) is 14.2. The van der Waals surface area contributed by atoms with Gasteiger partial charge in [0.25, 0.3) is 0 Å². The van der Waals surface area contributed by atoms with Crippen LogP contribution in [0.1, 0.15) is 52.4 Å². The molecule has 0 aliphatic heterocycles. The van der Waals surface area contributed by atoms with Gasteiger partial charge in [-0.05, 0) is 99.3 Å². The summed E-state index contributed by atoms with van der Waals surface area (Å²) >= 11 is 0. The molecule has 1 aromatic carbocycles. The molecule has 4 saturated carbocycles. The van der Waals surface area contributed by atoms with Crippen molar-refractivity contribution in [3.63, 3.8) is 0 Å². The van der Waals surface area contributed by atoms with Crippen LogP contribution in [0, 0.1) is 29.1 Å². The number of rotatable bonds is 8. The highest BCUT2D eigenvalue weighted by Crippen LogP contribution is 2.59. The van der Waals surface area contributed by atoms with Gasteiger partial charge in [0.15, 0.2) is 0 Å². The van der Waals surface area contributed by atoms with Gasteiger partial charge < -0.3 is 9.88 Å². The molecule has 4 aliphatic rings. The monoisotopic (exact) mass is 442 g/mol. The van der Waals surface area contributed by atoms with Crippen LogP contribution in [0.2, 0.25) is 0 Å². The molecule has 0 radical (unpaired) electrons. The lowest BCUT2D eigenvalue weighted by atomic mass is 9.49.